The van der Waals surface area contributed by atoms with Gasteiger partial charge < -0.3 is 14.5 Å². The molecule has 7 nitrogen and oxygen atoms in total. The number of aromatic nitrogens is 1. The SMILES string of the molecule is CCN(C[C@H]1Cc2c(cccc2N2CCN(C(=O)OCc3ccccc3)CC2)CN1C)C1CCCc2cccnc21. The van der Waals surface area contributed by atoms with Crippen molar-refractivity contribution < 1.29 is 9.53 Å². The van der Waals surface area contributed by atoms with Crippen LogP contribution in [0.3, 0.4) is 0 Å². The number of carbonyl (C=O) groups excluding carboxylic acids is 1. The summed E-state index contributed by atoms with van der Waals surface area (Å²) in [5.41, 5.74) is 7.98. The number of pyridine rings is 1. The first kappa shape index (κ1) is 27.7. The summed E-state index contributed by atoms with van der Waals surface area (Å²) < 4.78 is 5.60. The highest BCUT2D eigenvalue weighted by atomic mass is 16.6. The molecular weight excluding hydrogens is 510 g/mol. The highest BCUT2D eigenvalue weighted by Gasteiger charge is 2.33. The predicted molar refractivity (Wildman–Crippen MR) is 163 cm³/mol. The zero-order valence-electron chi connectivity index (χ0n) is 24.5. The van der Waals surface area contributed by atoms with Gasteiger partial charge in [-0.25, -0.2) is 4.79 Å². The number of hydrogen-bond acceptors (Lipinski definition) is 6. The van der Waals surface area contributed by atoms with Crippen LogP contribution in [0.1, 0.15) is 53.8 Å². The fourth-order valence-corrected chi connectivity index (χ4v) is 6.92. The Bertz CT molecular complexity index is 1320. The van der Waals surface area contributed by atoms with Crippen LogP contribution in [0.2, 0.25) is 0 Å². The second-order valence-electron chi connectivity index (χ2n) is 11.7. The summed E-state index contributed by atoms with van der Waals surface area (Å²) in [7, 11) is 2.28. The fraction of sp³-hybridized carbons (Fsp3) is 0.471. The number of ether oxygens (including phenoxy) is 1. The molecule has 6 rings (SSSR count). The maximum absolute atomic E-state index is 12.7. The number of aryl methyl sites for hydroxylation is 1. The summed E-state index contributed by atoms with van der Waals surface area (Å²) in [5, 5.41) is 0. The number of anilines is 1. The Morgan fingerprint density at radius 3 is 2.61 bits per heavy atom. The Kier molecular flexibility index (Phi) is 8.54. The van der Waals surface area contributed by atoms with Crippen molar-refractivity contribution in [3.63, 3.8) is 0 Å². The summed E-state index contributed by atoms with van der Waals surface area (Å²) in [6.45, 7) is 8.66. The topological polar surface area (TPSA) is 52.1 Å². The molecule has 2 atom stereocenters. The van der Waals surface area contributed by atoms with Gasteiger partial charge in [0.1, 0.15) is 6.61 Å². The van der Waals surface area contributed by atoms with E-state index in [-0.39, 0.29) is 6.09 Å². The van der Waals surface area contributed by atoms with Crippen LogP contribution in [-0.4, -0.2) is 78.1 Å². The van der Waals surface area contributed by atoms with Gasteiger partial charge in [0.15, 0.2) is 0 Å². The summed E-state index contributed by atoms with van der Waals surface area (Å²) in [6.07, 6.45) is 6.36. The molecule has 1 fully saturated rings. The molecule has 0 N–H and O–H groups in total. The van der Waals surface area contributed by atoms with Gasteiger partial charge in [0, 0.05) is 57.2 Å². The minimum absolute atomic E-state index is 0.219. The second kappa shape index (κ2) is 12.6. The first-order chi connectivity index (χ1) is 20.1. The average Bonchev–Trinajstić information content (AvgIpc) is 3.02. The third-order valence-corrected chi connectivity index (χ3v) is 9.27. The number of piperazine rings is 1. The maximum Gasteiger partial charge on any atom is 0.410 e. The van der Waals surface area contributed by atoms with Crippen molar-refractivity contribution in [3.05, 3.63) is 94.8 Å². The van der Waals surface area contributed by atoms with E-state index in [4.69, 9.17) is 9.72 Å². The molecule has 1 aliphatic carbocycles. The van der Waals surface area contributed by atoms with Crippen molar-refractivity contribution >= 4 is 11.8 Å². The average molecular weight is 554 g/mol. The molecule has 1 saturated heterocycles. The van der Waals surface area contributed by atoms with Crippen LogP contribution in [0, 0.1) is 0 Å². The van der Waals surface area contributed by atoms with Gasteiger partial charge in [-0.05, 0) is 73.7 Å². The zero-order valence-corrected chi connectivity index (χ0v) is 24.5. The summed E-state index contributed by atoms with van der Waals surface area (Å²) in [4.78, 5) is 27.1. The Balaban J connectivity index is 1.11. The van der Waals surface area contributed by atoms with Gasteiger partial charge in [-0.3, -0.25) is 14.8 Å². The molecule has 2 aliphatic heterocycles. The lowest BCUT2D eigenvalue weighted by molar-refractivity contribution is 0.0941. The van der Waals surface area contributed by atoms with E-state index in [2.05, 4.69) is 59.0 Å². The van der Waals surface area contributed by atoms with Crippen LogP contribution in [0.15, 0.2) is 66.9 Å². The molecule has 7 heteroatoms. The molecule has 0 saturated carbocycles. The lowest BCUT2D eigenvalue weighted by atomic mass is 9.89. The molecular formula is C34H43N5O2. The van der Waals surface area contributed by atoms with E-state index in [9.17, 15) is 4.79 Å². The molecule has 0 radical (unpaired) electrons. The van der Waals surface area contributed by atoms with Crippen LogP contribution in [0.4, 0.5) is 10.5 Å². The number of fused-ring (bicyclic) bond motifs is 2. The van der Waals surface area contributed by atoms with Gasteiger partial charge in [0.05, 0.1) is 11.7 Å². The van der Waals surface area contributed by atoms with E-state index < -0.39 is 0 Å². The van der Waals surface area contributed by atoms with Crippen molar-refractivity contribution in [1.29, 1.82) is 0 Å². The van der Waals surface area contributed by atoms with Crippen molar-refractivity contribution in [2.45, 2.75) is 57.8 Å². The lowest BCUT2D eigenvalue weighted by Crippen LogP contribution is -2.50. The van der Waals surface area contributed by atoms with Gasteiger partial charge in [-0.15, -0.1) is 0 Å². The van der Waals surface area contributed by atoms with E-state index in [1.807, 2.05) is 41.4 Å². The monoisotopic (exact) mass is 553 g/mol. The van der Waals surface area contributed by atoms with E-state index >= 15 is 0 Å². The Labute approximate surface area is 244 Å². The highest BCUT2D eigenvalue weighted by molar-refractivity contribution is 5.68. The molecule has 3 heterocycles. The van der Waals surface area contributed by atoms with Gasteiger partial charge in [-0.1, -0.05) is 55.5 Å². The number of likely N-dealkylation sites (N-methyl/N-ethyl adjacent to an activating group) is 2. The third-order valence-electron chi connectivity index (χ3n) is 9.27. The number of rotatable bonds is 7. The maximum atomic E-state index is 12.7. The molecule has 3 aromatic rings. The standard InChI is InChI=1S/C34H43N5O2/c1-3-37(32-16-7-12-27-14-9-17-35-33(27)32)24-29-22-30-28(23-36(29)2)13-8-15-31(30)38-18-20-39(21-19-38)34(40)41-25-26-10-5-4-6-11-26/h4-6,8-11,13-15,17,29,32H,3,7,12,16,18-25H2,1-2H3/t29-,32?/m1/s1. The normalized spacial score (nSPS) is 21.0. The molecule has 0 spiro atoms. The quantitative estimate of drug-likeness (QED) is 0.396. The Morgan fingerprint density at radius 2 is 1.80 bits per heavy atom. The number of benzene rings is 2. The summed E-state index contributed by atoms with van der Waals surface area (Å²) in [6, 6.07) is 21.9. The van der Waals surface area contributed by atoms with E-state index in [0.29, 0.717) is 31.8 Å². The van der Waals surface area contributed by atoms with Crippen LogP contribution in [0.5, 0.6) is 0 Å². The molecule has 1 aromatic heterocycles. The first-order valence-electron chi connectivity index (χ1n) is 15.3. The van der Waals surface area contributed by atoms with E-state index in [1.54, 1.807) is 0 Å². The molecule has 1 unspecified atom stereocenters. The van der Waals surface area contributed by atoms with Crippen LogP contribution in [-0.2, 0) is 30.7 Å². The van der Waals surface area contributed by atoms with Gasteiger partial charge in [0.2, 0.25) is 0 Å². The third kappa shape index (κ3) is 6.11. The second-order valence-corrected chi connectivity index (χ2v) is 11.7. The van der Waals surface area contributed by atoms with Crippen molar-refractivity contribution in [3.8, 4) is 0 Å². The van der Waals surface area contributed by atoms with E-state index in [1.165, 1.54) is 40.9 Å². The largest absolute Gasteiger partial charge is 0.445 e. The van der Waals surface area contributed by atoms with E-state index in [0.717, 1.165) is 51.1 Å². The molecule has 0 bridgehead atoms. The van der Waals surface area contributed by atoms with Crippen LogP contribution in [0.25, 0.3) is 0 Å². The predicted octanol–water partition coefficient (Wildman–Crippen LogP) is 5.30. The first-order valence-corrected chi connectivity index (χ1v) is 15.3. The van der Waals surface area contributed by atoms with Crippen molar-refractivity contribution in [2.24, 2.45) is 0 Å². The lowest BCUT2D eigenvalue weighted by Gasteiger charge is -2.43. The van der Waals surface area contributed by atoms with Crippen LogP contribution >= 0.6 is 0 Å². The van der Waals surface area contributed by atoms with Crippen LogP contribution < -0.4 is 4.90 Å². The number of carbonyl (C=O) groups is 1. The Hall–Kier alpha value is -3.42. The summed E-state index contributed by atoms with van der Waals surface area (Å²) >= 11 is 0. The zero-order chi connectivity index (χ0) is 28.2. The molecule has 216 valence electrons. The number of hydrogen-bond donors (Lipinski definition) is 0. The van der Waals surface area contributed by atoms with Crippen molar-refractivity contribution in [1.82, 2.24) is 19.7 Å². The minimum Gasteiger partial charge on any atom is -0.445 e. The van der Waals surface area contributed by atoms with Gasteiger partial charge >= 0.3 is 6.09 Å². The summed E-state index contributed by atoms with van der Waals surface area (Å²) in [5.74, 6) is 0. The molecule has 41 heavy (non-hydrogen) atoms. The molecule has 2 aromatic carbocycles. The number of nitrogens with zero attached hydrogens (tertiary/aromatic N) is 5. The molecule has 1 amide bonds. The Morgan fingerprint density at radius 1 is 1.00 bits per heavy atom. The minimum atomic E-state index is -0.219. The van der Waals surface area contributed by atoms with Crippen molar-refractivity contribution in [2.75, 3.05) is 51.2 Å². The highest BCUT2D eigenvalue weighted by Crippen LogP contribution is 2.36. The molecule has 3 aliphatic rings. The van der Waals surface area contributed by atoms with Gasteiger partial charge in [-0.2, -0.15) is 0 Å². The van der Waals surface area contributed by atoms with Gasteiger partial charge in [0.25, 0.3) is 0 Å². The fourth-order valence-electron chi connectivity index (χ4n) is 6.92. The number of amides is 1. The smallest absolute Gasteiger partial charge is 0.410 e.